The lowest BCUT2D eigenvalue weighted by Crippen LogP contribution is -2.60. The van der Waals surface area contributed by atoms with Crippen LogP contribution in [0.25, 0.3) is 0 Å². The number of nitrogens with one attached hydrogen (secondary N) is 2. The van der Waals surface area contributed by atoms with Gasteiger partial charge in [0.2, 0.25) is 0 Å². The number of hydrogen-bond acceptors (Lipinski definition) is 2. The van der Waals surface area contributed by atoms with Gasteiger partial charge in [-0.3, -0.25) is 0 Å². The Labute approximate surface area is 104 Å². The summed E-state index contributed by atoms with van der Waals surface area (Å²) in [7, 11) is 0. The second-order valence-corrected chi connectivity index (χ2v) is 6.02. The van der Waals surface area contributed by atoms with Crippen LogP contribution in [0.4, 0.5) is 4.79 Å². The van der Waals surface area contributed by atoms with Gasteiger partial charge in [0.15, 0.2) is 0 Å². The maximum absolute atomic E-state index is 12.1. The van der Waals surface area contributed by atoms with Crippen LogP contribution in [0.2, 0.25) is 0 Å². The summed E-state index contributed by atoms with van der Waals surface area (Å²) in [5, 5.41) is 6.61. The summed E-state index contributed by atoms with van der Waals surface area (Å²) in [6.45, 7) is 6.80. The molecule has 2 amide bonds. The number of rotatable bonds is 1. The molecule has 17 heavy (non-hydrogen) atoms. The molecule has 1 saturated heterocycles. The molecule has 1 heterocycles. The third kappa shape index (κ3) is 3.60. The lowest BCUT2D eigenvalue weighted by Gasteiger charge is -2.39. The lowest BCUT2D eigenvalue weighted by atomic mass is 9.95. The van der Waals surface area contributed by atoms with E-state index < -0.39 is 0 Å². The van der Waals surface area contributed by atoms with Crippen molar-refractivity contribution in [2.45, 2.75) is 57.5 Å². The van der Waals surface area contributed by atoms with Gasteiger partial charge in [-0.15, -0.1) is 0 Å². The van der Waals surface area contributed by atoms with Crippen molar-refractivity contribution in [3.8, 4) is 0 Å². The van der Waals surface area contributed by atoms with Gasteiger partial charge in [-0.05, 0) is 26.7 Å². The summed E-state index contributed by atoms with van der Waals surface area (Å²) >= 11 is 0. The van der Waals surface area contributed by atoms with Gasteiger partial charge in [-0.1, -0.05) is 19.3 Å². The van der Waals surface area contributed by atoms with Crippen LogP contribution in [0.3, 0.4) is 0 Å². The van der Waals surface area contributed by atoms with E-state index in [4.69, 9.17) is 0 Å². The van der Waals surface area contributed by atoms with Gasteiger partial charge >= 0.3 is 6.03 Å². The Bertz CT molecular complexity index is 272. The molecule has 0 radical (unpaired) electrons. The van der Waals surface area contributed by atoms with E-state index >= 15 is 0 Å². The van der Waals surface area contributed by atoms with Gasteiger partial charge in [0, 0.05) is 31.2 Å². The monoisotopic (exact) mass is 239 g/mol. The van der Waals surface area contributed by atoms with Crippen molar-refractivity contribution < 1.29 is 4.79 Å². The predicted molar refractivity (Wildman–Crippen MR) is 69.1 cm³/mol. The minimum absolute atomic E-state index is 0.0438. The molecule has 0 aromatic heterocycles. The maximum Gasteiger partial charge on any atom is 0.317 e. The largest absolute Gasteiger partial charge is 0.335 e. The van der Waals surface area contributed by atoms with E-state index in [1.807, 2.05) is 4.90 Å². The molecule has 2 rings (SSSR count). The molecule has 2 N–H and O–H groups in total. The fourth-order valence-corrected chi connectivity index (χ4v) is 2.83. The van der Waals surface area contributed by atoms with Crippen LogP contribution in [0, 0.1) is 0 Å². The van der Waals surface area contributed by atoms with Crippen molar-refractivity contribution in [1.82, 2.24) is 15.5 Å². The molecule has 1 aliphatic carbocycles. The van der Waals surface area contributed by atoms with E-state index in [2.05, 4.69) is 24.5 Å². The Balaban J connectivity index is 1.82. The second kappa shape index (κ2) is 5.25. The number of carbonyl (C=O) groups excluding carboxylic acids is 1. The molecular formula is C13H25N3O. The average molecular weight is 239 g/mol. The van der Waals surface area contributed by atoms with Crippen molar-refractivity contribution in [3.63, 3.8) is 0 Å². The zero-order valence-electron chi connectivity index (χ0n) is 11.1. The Morgan fingerprint density at radius 1 is 1.29 bits per heavy atom. The quantitative estimate of drug-likeness (QED) is 0.731. The van der Waals surface area contributed by atoms with Gasteiger partial charge in [0.05, 0.1) is 0 Å². The maximum atomic E-state index is 12.1. The van der Waals surface area contributed by atoms with E-state index in [-0.39, 0.29) is 11.6 Å². The smallest absolute Gasteiger partial charge is 0.317 e. The molecule has 0 spiro atoms. The number of amides is 2. The van der Waals surface area contributed by atoms with Crippen LogP contribution in [0.5, 0.6) is 0 Å². The lowest BCUT2D eigenvalue weighted by molar-refractivity contribution is 0.149. The first kappa shape index (κ1) is 12.7. The Hall–Kier alpha value is -0.770. The molecular weight excluding hydrogens is 214 g/mol. The summed E-state index contributed by atoms with van der Waals surface area (Å²) < 4.78 is 0. The zero-order valence-corrected chi connectivity index (χ0v) is 11.1. The standard InChI is InChI=1S/C13H25N3O/c1-13(2)10-16(9-8-14-13)12(17)15-11-6-4-3-5-7-11/h11,14H,3-10H2,1-2H3,(H,15,17). The van der Waals surface area contributed by atoms with E-state index in [9.17, 15) is 4.79 Å². The highest BCUT2D eigenvalue weighted by atomic mass is 16.2. The normalized spacial score (nSPS) is 25.6. The first-order valence-electron chi connectivity index (χ1n) is 6.87. The predicted octanol–water partition coefficient (Wildman–Crippen LogP) is 1.71. The number of hydrogen-bond donors (Lipinski definition) is 2. The molecule has 2 fully saturated rings. The molecule has 0 aromatic carbocycles. The highest BCUT2D eigenvalue weighted by Gasteiger charge is 2.29. The van der Waals surface area contributed by atoms with E-state index in [1.54, 1.807) is 0 Å². The molecule has 4 nitrogen and oxygen atoms in total. The number of piperazine rings is 1. The molecule has 0 bridgehead atoms. The van der Waals surface area contributed by atoms with Crippen molar-refractivity contribution in [2.75, 3.05) is 19.6 Å². The summed E-state index contributed by atoms with van der Waals surface area (Å²) in [5.41, 5.74) is 0.0438. The van der Waals surface area contributed by atoms with Crippen molar-refractivity contribution in [3.05, 3.63) is 0 Å². The highest BCUT2D eigenvalue weighted by Crippen LogP contribution is 2.18. The van der Waals surface area contributed by atoms with Crippen molar-refractivity contribution in [1.29, 1.82) is 0 Å². The van der Waals surface area contributed by atoms with E-state index in [1.165, 1.54) is 19.3 Å². The van der Waals surface area contributed by atoms with Crippen LogP contribution in [0.15, 0.2) is 0 Å². The van der Waals surface area contributed by atoms with Gasteiger partial charge in [-0.25, -0.2) is 4.79 Å². The topological polar surface area (TPSA) is 44.4 Å². The van der Waals surface area contributed by atoms with Crippen molar-refractivity contribution >= 4 is 6.03 Å². The van der Waals surface area contributed by atoms with E-state index in [0.29, 0.717) is 6.04 Å². The van der Waals surface area contributed by atoms with Gasteiger partial charge < -0.3 is 15.5 Å². The molecule has 0 unspecified atom stereocenters. The fourth-order valence-electron chi connectivity index (χ4n) is 2.83. The van der Waals surface area contributed by atoms with Crippen LogP contribution in [-0.2, 0) is 0 Å². The molecule has 4 heteroatoms. The average Bonchev–Trinajstić information content (AvgIpc) is 2.29. The van der Waals surface area contributed by atoms with Crippen LogP contribution >= 0.6 is 0 Å². The number of carbonyl (C=O) groups is 1. The number of urea groups is 1. The first-order chi connectivity index (χ1) is 8.07. The van der Waals surface area contributed by atoms with Crippen LogP contribution in [-0.4, -0.2) is 42.1 Å². The minimum Gasteiger partial charge on any atom is -0.335 e. The molecule has 2 aliphatic rings. The summed E-state index contributed by atoms with van der Waals surface area (Å²) in [4.78, 5) is 14.1. The first-order valence-corrected chi connectivity index (χ1v) is 6.87. The van der Waals surface area contributed by atoms with E-state index in [0.717, 1.165) is 32.5 Å². The SMILES string of the molecule is CC1(C)CN(C(=O)NC2CCCCC2)CCN1. The summed E-state index contributed by atoms with van der Waals surface area (Å²) in [6, 6.07) is 0.542. The highest BCUT2D eigenvalue weighted by molar-refractivity contribution is 5.74. The van der Waals surface area contributed by atoms with Crippen LogP contribution in [0.1, 0.15) is 46.0 Å². The molecule has 0 atom stereocenters. The van der Waals surface area contributed by atoms with Crippen molar-refractivity contribution in [2.24, 2.45) is 0 Å². The van der Waals surface area contributed by atoms with Crippen LogP contribution < -0.4 is 10.6 Å². The Morgan fingerprint density at radius 3 is 2.65 bits per heavy atom. The minimum atomic E-state index is 0.0438. The molecule has 1 aliphatic heterocycles. The molecule has 1 saturated carbocycles. The summed E-state index contributed by atoms with van der Waals surface area (Å²) in [5.74, 6) is 0. The third-order valence-electron chi connectivity index (χ3n) is 3.79. The van der Waals surface area contributed by atoms with Gasteiger partial charge in [-0.2, -0.15) is 0 Å². The molecule has 98 valence electrons. The number of nitrogens with zero attached hydrogens (tertiary/aromatic N) is 1. The second-order valence-electron chi connectivity index (χ2n) is 6.02. The summed E-state index contributed by atoms with van der Waals surface area (Å²) in [6.07, 6.45) is 6.16. The Kier molecular flexibility index (Phi) is 3.92. The third-order valence-corrected chi connectivity index (χ3v) is 3.79. The molecule has 0 aromatic rings. The zero-order chi connectivity index (χ0) is 12.3. The fraction of sp³-hybridized carbons (Fsp3) is 0.923. The van der Waals surface area contributed by atoms with Gasteiger partial charge in [0.1, 0.15) is 0 Å². The Morgan fingerprint density at radius 2 is 2.00 bits per heavy atom. The van der Waals surface area contributed by atoms with Gasteiger partial charge in [0.25, 0.3) is 0 Å².